The number of piperidine rings is 1. The van der Waals surface area contributed by atoms with Crippen molar-refractivity contribution >= 4 is 27.7 Å². The second kappa shape index (κ2) is 6.84. The van der Waals surface area contributed by atoms with E-state index in [2.05, 4.69) is 39.0 Å². The Balaban J connectivity index is 1.96. The Kier molecular flexibility index (Phi) is 5.36. The summed E-state index contributed by atoms with van der Waals surface area (Å²) in [4.78, 5) is 2.42. The van der Waals surface area contributed by atoms with Gasteiger partial charge in [-0.25, -0.2) is 0 Å². The van der Waals surface area contributed by atoms with E-state index in [1.165, 1.54) is 5.56 Å². The van der Waals surface area contributed by atoms with E-state index in [1.54, 1.807) is 18.9 Å². The highest BCUT2D eigenvalue weighted by atomic mass is 79.9. The molecule has 1 aliphatic heterocycles. The molecule has 0 bridgehead atoms. The molecular formula is C15H19BrN2OS. The summed E-state index contributed by atoms with van der Waals surface area (Å²) in [7, 11) is 1.67. The van der Waals surface area contributed by atoms with Gasteiger partial charge in [-0.05, 0) is 52.7 Å². The molecule has 0 atom stereocenters. The summed E-state index contributed by atoms with van der Waals surface area (Å²) in [6.45, 7) is 2.90. The van der Waals surface area contributed by atoms with Crippen molar-refractivity contribution in [3.05, 3.63) is 28.2 Å². The topological polar surface area (TPSA) is 36.3 Å². The number of methoxy groups -OCH3 is 1. The average Bonchev–Trinajstić information content (AvgIpc) is 2.49. The number of hydrogen-bond donors (Lipinski definition) is 0. The predicted octanol–water partition coefficient (Wildman–Crippen LogP) is 3.68. The second-order valence-corrected chi connectivity index (χ2v) is 7.10. The molecule has 5 heteroatoms. The average molecular weight is 355 g/mol. The van der Waals surface area contributed by atoms with Crippen LogP contribution in [0.15, 0.2) is 22.7 Å². The second-order valence-electron chi connectivity index (χ2n) is 5.06. The van der Waals surface area contributed by atoms with Crippen molar-refractivity contribution in [1.29, 1.82) is 5.26 Å². The Morgan fingerprint density at radius 1 is 1.45 bits per heavy atom. The molecule has 1 aromatic carbocycles. The van der Waals surface area contributed by atoms with Crippen LogP contribution in [0.25, 0.3) is 0 Å². The molecule has 1 fully saturated rings. The number of nitriles is 1. The minimum atomic E-state index is -0.170. The van der Waals surface area contributed by atoms with Gasteiger partial charge in [0.1, 0.15) is 10.5 Å². The summed E-state index contributed by atoms with van der Waals surface area (Å²) in [5, 5.41) is 9.30. The fraction of sp³-hybridized carbons (Fsp3) is 0.533. The molecule has 0 N–H and O–H groups in total. The predicted molar refractivity (Wildman–Crippen MR) is 87.1 cm³/mol. The number of thioether (sulfide) groups is 1. The number of rotatable bonds is 4. The van der Waals surface area contributed by atoms with Gasteiger partial charge in [0.25, 0.3) is 0 Å². The van der Waals surface area contributed by atoms with E-state index in [-0.39, 0.29) is 4.75 Å². The van der Waals surface area contributed by atoms with Gasteiger partial charge < -0.3 is 4.74 Å². The summed E-state index contributed by atoms with van der Waals surface area (Å²) in [5.41, 5.74) is 1.27. The van der Waals surface area contributed by atoms with Crippen molar-refractivity contribution in [1.82, 2.24) is 4.90 Å². The zero-order valence-corrected chi connectivity index (χ0v) is 14.3. The maximum Gasteiger partial charge on any atom is 0.133 e. The fourth-order valence-electron chi connectivity index (χ4n) is 2.50. The smallest absolute Gasteiger partial charge is 0.133 e. The monoisotopic (exact) mass is 354 g/mol. The van der Waals surface area contributed by atoms with E-state index < -0.39 is 0 Å². The third-order valence-corrected chi connectivity index (χ3v) is 5.78. The maximum absolute atomic E-state index is 9.30. The highest BCUT2D eigenvalue weighted by Gasteiger charge is 2.33. The molecule has 1 heterocycles. The van der Waals surface area contributed by atoms with Crippen LogP contribution >= 0.6 is 27.7 Å². The molecule has 108 valence electrons. The molecule has 0 unspecified atom stereocenters. The van der Waals surface area contributed by atoms with Gasteiger partial charge in [-0.15, -0.1) is 11.8 Å². The van der Waals surface area contributed by atoms with Crippen LogP contribution in [0.4, 0.5) is 0 Å². The Morgan fingerprint density at radius 3 is 2.65 bits per heavy atom. The Bertz CT molecular complexity index is 507. The lowest BCUT2D eigenvalue weighted by Crippen LogP contribution is -2.41. The number of likely N-dealkylation sites (tertiary alicyclic amines) is 1. The molecule has 0 saturated carbocycles. The van der Waals surface area contributed by atoms with E-state index in [4.69, 9.17) is 4.74 Å². The van der Waals surface area contributed by atoms with Gasteiger partial charge in [0, 0.05) is 19.6 Å². The molecule has 1 aliphatic rings. The van der Waals surface area contributed by atoms with Crippen LogP contribution in [0.3, 0.4) is 0 Å². The lowest BCUT2D eigenvalue weighted by molar-refractivity contribution is 0.209. The standard InChI is InChI=1S/C15H19BrN2OS/c1-19-14-4-3-12(9-13(14)16)10-18-7-5-15(11-17,20-2)6-8-18/h3-4,9H,5-8,10H2,1-2H3. The number of halogens is 1. The summed E-state index contributed by atoms with van der Waals surface area (Å²) < 4.78 is 6.07. The van der Waals surface area contributed by atoms with Gasteiger partial charge >= 0.3 is 0 Å². The minimum absolute atomic E-state index is 0.170. The first kappa shape index (κ1) is 15.7. The summed E-state index contributed by atoms with van der Waals surface area (Å²) in [6, 6.07) is 8.69. The number of benzene rings is 1. The maximum atomic E-state index is 9.30. The minimum Gasteiger partial charge on any atom is -0.496 e. The molecule has 2 rings (SSSR count). The molecule has 3 nitrogen and oxygen atoms in total. The largest absolute Gasteiger partial charge is 0.496 e. The molecule has 0 spiro atoms. The van der Waals surface area contributed by atoms with Crippen molar-refractivity contribution in [3.63, 3.8) is 0 Å². The highest BCUT2D eigenvalue weighted by molar-refractivity contribution is 9.10. The van der Waals surface area contributed by atoms with Gasteiger partial charge in [-0.3, -0.25) is 4.90 Å². The fourth-order valence-corrected chi connectivity index (χ4v) is 3.77. The first-order valence-electron chi connectivity index (χ1n) is 6.63. The third-order valence-electron chi connectivity index (χ3n) is 3.88. The van der Waals surface area contributed by atoms with Crippen LogP contribution in [0.5, 0.6) is 5.75 Å². The highest BCUT2D eigenvalue weighted by Crippen LogP contribution is 2.34. The van der Waals surface area contributed by atoms with E-state index >= 15 is 0 Å². The van der Waals surface area contributed by atoms with Gasteiger partial charge in [-0.1, -0.05) is 6.07 Å². The quantitative estimate of drug-likeness (QED) is 0.826. The summed E-state index contributed by atoms with van der Waals surface area (Å²) in [6.07, 6.45) is 3.93. The SMILES string of the molecule is COc1ccc(CN2CCC(C#N)(SC)CC2)cc1Br. The Labute approximate surface area is 133 Å². The van der Waals surface area contributed by atoms with Crippen molar-refractivity contribution in [2.45, 2.75) is 24.1 Å². The molecule has 0 radical (unpaired) electrons. The van der Waals surface area contributed by atoms with Crippen LogP contribution in [0.2, 0.25) is 0 Å². The third kappa shape index (κ3) is 3.49. The van der Waals surface area contributed by atoms with Crippen molar-refractivity contribution in [2.75, 3.05) is 26.5 Å². The Hall–Kier alpha value is -0.700. The molecule has 1 aromatic rings. The van der Waals surface area contributed by atoms with Crippen LogP contribution in [-0.4, -0.2) is 36.1 Å². The van der Waals surface area contributed by atoms with Crippen molar-refractivity contribution in [2.24, 2.45) is 0 Å². The van der Waals surface area contributed by atoms with E-state index in [9.17, 15) is 5.26 Å². The van der Waals surface area contributed by atoms with Crippen molar-refractivity contribution in [3.8, 4) is 11.8 Å². The molecule has 0 aromatic heterocycles. The van der Waals surface area contributed by atoms with Crippen LogP contribution in [-0.2, 0) is 6.54 Å². The lowest BCUT2D eigenvalue weighted by Gasteiger charge is -2.36. The summed E-state index contributed by atoms with van der Waals surface area (Å²) in [5.74, 6) is 0.860. The van der Waals surface area contributed by atoms with Crippen LogP contribution in [0.1, 0.15) is 18.4 Å². The van der Waals surface area contributed by atoms with E-state index in [1.807, 2.05) is 12.3 Å². The molecule has 20 heavy (non-hydrogen) atoms. The first-order chi connectivity index (χ1) is 9.62. The number of hydrogen-bond acceptors (Lipinski definition) is 4. The van der Waals surface area contributed by atoms with Crippen LogP contribution in [0, 0.1) is 11.3 Å². The summed E-state index contributed by atoms with van der Waals surface area (Å²) >= 11 is 5.22. The van der Waals surface area contributed by atoms with Gasteiger partial charge in [0.15, 0.2) is 0 Å². The Morgan fingerprint density at radius 2 is 2.15 bits per heavy atom. The normalized spacial score (nSPS) is 18.5. The molecule has 0 amide bonds. The van der Waals surface area contributed by atoms with E-state index in [0.717, 1.165) is 42.7 Å². The zero-order chi connectivity index (χ0) is 14.6. The van der Waals surface area contributed by atoms with E-state index in [0.29, 0.717) is 0 Å². The number of nitrogens with zero attached hydrogens (tertiary/aromatic N) is 2. The van der Waals surface area contributed by atoms with Gasteiger partial charge in [-0.2, -0.15) is 5.26 Å². The van der Waals surface area contributed by atoms with Gasteiger partial charge in [0.05, 0.1) is 17.7 Å². The molecule has 0 aliphatic carbocycles. The first-order valence-corrected chi connectivity index (χ1v) is 8.65. The lowest BCUT2D eigenvalue weighted by atomic mass is 9.97. The molecular weight excluding hydrogens is 336 g/mol. The number of ether oxygens (including phenoxy) is 1. The molecule has 1 saturated heterocycles. The van der Waals surface area contributed by atoms with Crippen LogP contribution < -0.4 is 4.74 Å². The van der Waals surface area contributed by atoms with Crippen molar-refractivity contribution < 1.29 is 4.74 Å². The zero-order valence-electron chi connectivity index (χ0n) is 11.9. The van der Waals surface area contributed by atoms with Gasteiger partial charge in [0.2, 0.25) is 0 Å².